The number of nitrogens with one attached hydrogen (secondary N) is 1. The first kappa shape index (κ1) is 17.0. The molecule has 0 saturated carbocycles. The van der Waals surface area contributed by atoms with Crippen molar-refractivity contribution in [1.82, 2.24) is 20.1 Å². The highest BCUT2D eigenvalue weighted by Gasteiger charge is 2.19. The third-order valence-electron chi connectivity index (χ3n) is 2.76. The summed E-state index contributed by atoms with van der Waals surface area (Å²) in [4.78, 5) is 12.0. The van der Waals surface area contributed by atoms with Crippen molar-refractivity contribution in [2.75, 3.05) is 6.54 Å². The van der Waals surface area contributed by atoms with E-state index in [0.717, 1.165) is 23.9 Å². The fraction of sp³-hybridized carbons (Fsp3) is 0.769. The number of rotatable bonds is 8. The molecule has 7 heteroatoms. The van der Waals surface area contributed by atoms with Crippen LogP contribution in [0, 0.1) is 5.92 Å². The predicted molar refractivity (Wildman–Crippen MR) is 81.4 cm³/mol. The van der Waals surface area contributed by atoms with Gasteiger partial charge in [0, 0.05) is 13.1 Å². The molecule has 1 amide bonds. The van der Waals surface area contributed by atoms with Crippen LogP contribution in [0.3, 0.4) is 0 Å². The standard InChI is InChI=1S/C13H25N5OS/c1-5-6-18-11(7-14)16-17-13(18)20-10(4)12(19)15-8-9(2)3/h9-10H,5-8,14H2,1-4H3,(H,15,19). The molecule has 0 bridgehead atoms. The van der Waals surface area contributed by atoms with E-state index in [0.29, 0.717) is 19.0 Å². The number of amides is 1. The molecule has 1 unspecified atom stereocenters. The van der Waals surface area contributed by atoms with Gasteiger partial charge in [-0.1, -0.05) is 32.5 Å². The van der Waals surface area contributed by atoms with Crippen LogP contribution in [0.1, 0.15) is 39.9 Å². The monoisotopic (exact) mass is 299 g/mol. The van der Waals surface area contributed by atoms with E-state index in [-0.39, 0.29) is 11.2 Å². The van der Waals surface area contributed by atoms with Gasteiger partial charge in [0.15, 0.2) is 5.16 Å². The Bertz CT molecular complexity index is 432. The van der Waals surface area contributed by atoms with Gasteiger partial charge < -0.3 is 15.6 Å². The van der Waals surface area contributed by atoms with Crippen LogP contribution < -0.4 is 11.1 Å². The summed E-state index contributed by atoms with van der Waals surface area (Å²) in [5.41, 5.74) is 5.65. The first-order chi connectivity index (χ1) is 9.49. The highest BCUT2D eigenvalue weighted by Crippen LogP contribution is 2.22. The molecule has 0 radical (unpaired) electrons. The molecule has 3 N–H and O–H groups in total. The van der Waals surface area contributed by atoms with Gasteiger partial charge in [0.2, 0.25) is 5.91 Å². The minimum Gasteiger partial charge on any atom is -0.355 e. The summed E-state index contributed by atoms with van der Waals surface area (Å²) in [6.45, 7) is 10.00. The number of hydrogen-bond acceptors (Lipinski definition) is 5. The Morgan fingerprint density at radius 3 is 2.65 bits per heavy atom. The van der Waals surface area contributed by atoms with E-state index in [1.165, 1.54) is 11.8 Å². The van der Waals surface area contributed by atoms with E-state index in [2.05, 4.69) is 36.3 Å². The van der Waals surface area contributed by atoms with Gasteiger partial charge in [0.25, 0.3) is 0 Å². The molecule has 114 valence electrons. The van der Waals surface area contributed by atoms with E-state index < -0.39 is 0 Å². The fourth-order valence-corrected chi connectivity index (χ4v) is 2.58. The molecule has 0 aromatic carbocycles. The largest absolute Gasteiger partial charge is 0.355 e. The lowest BCUT2D eigenvalue weighted by Gasteiger charge is -2.14. The number of carbonyl (C=O) groups excluding carboxylic acids is 1. The summed E-state index contributed by atoms with van der Waals surface area (Å²) >= 11 is 1.43. The number of thioether (sulfide) groups is 1. The molecule has 6 nitrogen and oxygen atoms in total. The topological polar surface area (TPSA) is 85.8 Å². The second-order valence-corrected chi connectivity index (χ2v) is 6.46. The zero-order valence-electron chi connectivity index (χ0n) is 12.7. The molecule has 1 aromatic rings. The summed E-state index contributed by atoms with van der Waals surface area (Å²) in [5, 5.41) is 11.7. The fourth-order valence-electron chi connectivity index (χ4n) is 1.67. The van der Waals surface area contributed by atoms with E-state index in [4.69, 9.17) is 5.73 Å². The van der Waals surface area contributed by atoms with Gasteiger partial charge in [-0.15, -0.1) is 10.2 Å². The third kappa shape index (κ3) is 4.79. The summed E-state index contributed by atoms with van der Waals surface area (Å²) in [6.07, 6.45) is 0.979. The van der Waals surface area contributed by atoms with Crippen molar-refractivity contribution in [2.45, 2.75) is 57.6 Å². The molecular formula is C13H25N5OS. The van der Waals surface area contributed by atoms with Crippen molar-refractivity contribution in [1.29, 1.82) is 0 Å². The maximum absolute atomic E-state index is 12.0. The van der Waals surface area contributed by atoms with Gasteiger partial charge >= 0.3 is 0 Å². The van der Waals surface area contributed by atoms with Crippen molar-refractivity contribution in [3.8, 4) is 0 Å². The molecule has 1 aromatic heterocycles. The summed E-state index contributed by atoms with van der Waals surface area (Å²) < 4.78 is 2.00. The zero-order chi connectivity index (χ0) is 15.1. The second-order valence-electron chi connectivity index (χ2n) is 5.15. The highest BCUT2D eigenvalue weighted by molar-refractivity contribution is 8.00. The highest BCUT2D eigenvalue weighted by atomic mass is 32.2. The number of nitrogens with two attached hydrogens (primary N) is 1. The van der Waals surface area contributed by atoms with Crippen LogP contribution in [0.25, 0.3) is 0 Å². The van der Waals surface area contributed by atoms with Crippen molar-refractivity contribution < 1.29 is 4.79 Å². The number of hydrogen-bond donors (Lipinski definition) is 2. The first-order valence-corrected chi connectivity index (χ1v) is 7.94. The molecule has 1 atom stereocenters. The van der Waals surface area contributed by atoms with E-state index >= 15 is 0 Å². The van der Waals surface area contributed by atoms with Crippen LogP contribution in [0.2, 0.25) is 0 Å². The Labute approximate surface area is 124 Å². The zero-order valence-corrected chi connectivity index (χ0v) is 13.5. The number of aromatic nitrogens is 3. The van der Waals surface area contributed by atoms with E-state index in [1.807, 2.05) is 11.5 Å². The van der Waals surface area contributed by atoms with E-state index in [1.54, 1.807) is 0 Å². The predicted octanol–water partition coefficient (Wildman–Crippen LogP) is 1.40. The van der Waals surface area contributed by atoms with Gasteiger partial charge in [-0.2, -0.15) is 0 Å². The molecule has 0 aliphatic heterocycles. The van der Waals surface area contributed by atoms with Gasteiger partial charge in [-0.3, -0.25) is 4.79 Å². The van der Waals surface area contributed by atoms with Crippen LogP contribution in [0.4, 0.5) is 0 Å². The van der Waals surface area contributed by atoms with Gasteiger partial charge in [-0.25, -0.2) is 0 Å². The van der Waals surface area contributed by atoms with Crippen molar-refractivity contribution >= 4 is 17.7 Å². The minimum absolute atomic E-state index is 0.0315. The lowest BCUT2D eigenvalue weighted by molar-refractivity contribution is -0.120. The SMILES string of the molecule is CCCn1c(CN)nnc1SC(C)C(=O)NCC(C)C. The number of nitrogens with zero attached hydrogens (tertiary/aromatic N) is 3. The molecule has 0 aliphatic carbocycles. The van der Waals surface area contributed by atoms with Crippen LogP contribution in [0.5, 0.6) is 0 Å². The van der Waals surface area contributed by atoms with Crippen LogP contribution in [0.15, 0.2) is 5.16 Å². The summed E-state index contributed by atoms with van der Waals surface area (Å²) in [5.74, 6) is 1.25. The maximum Gasteiger partial charge on any atom is 0.233 e. The minimum atomic E-state index is -0.195. The van der Waals surface area contributed by atoms with Gasteiger partial charge in [-0.05, 0) is 19.3 Å². The van der Waals surface area contributed by atoms with Gasteiger partial charge in [0.05, 0.1) is 11.8 Å². The van der Waals surface area contributed by atoms with Crippen LogP contribution in [-0.2, 0) is 17.9 Å². The molecule has 0 spiro atoms. The van der Waals surface area contributed by atoms with Gasteiger partial charge in [0.1, 0.15) is 5.82 Å². The Morgan fingerprint density at radius 1 is 1.40 bits per heavy atom. The number of carbonyl (C=O) groups is 1. The first-order valence-electron chi connectivity index (χ1n) is 7.06. The average molecular weight is 299 g/mol. The molecule has 0 saturated heterocycles. The summed E-state index contributed by atoms with van der Waals surface area (Å²) in [7, 11) is 0. The molecule has 1 rings (SSSR count). The second kappa shape index (κ2) is 8.26. The average Bonchev–Trinajstić information content (AvgIpc) is 2.78. The Balaban J connectivity index is 2.67. The smallest absolute Gasteiger partial charge is 0.233 e. The maximum atomic E-state index is 12.0. The Morgan fingerprint density at radius 2 is 2.10 bits per heavy atom. The molecule has 0 aliphatic rings. The Hall–Kier alpha value is -1.08. The summed E-state index contributed by atoms with van der Waals surface area (Å²) in [6, 6.07) is 0. The van der Waals surface area contributed by atoms with E-state index in [9.17, 15) is 4.79 Å². The van der Waals surface area contributed by atoms with Crippen molar-refractivity contribution in [2.24, 2.45) is 11.7 Å². The van der Waals surface area contributed by atoms with Crippen molar-refractivity contribution in [3.05, 3.63) is 5.82 Å². The normalized spacial score (nSPS) is 12.7. The van der Waals surface area contributed by atoms with Crippen LogP contribution >= 0.6 is 11.8 Å². The quantitative estimate of drug-likeness (QED) is 0.709. The molecular weight excluding hydrogens is 274 g/mol. The lowest BCUT2D eigenvalue weighted by atomic mass is 10.2. The molecule has 0 fully saturated rings. The van der Waals surface area contributed by atoms with Crippen LogP contribution in [-0.4, -0.2) is 32.5 Å². The lowest BCUT2D eigenvalue weighted by Crippen LogP contribution is -2.33. The molecule has 1 heterocycles. The Kier molecular flexibility index (Phi) is 7.01. The third-order valence-corrected chi connectivity index (χ3v) is 3.84. The van der Waals surface area contributed by atoms with Crippen molar-refractivity contribution in [3.63, 3.8) is 0 Å². The molecule has 20 heavy (non-hydrogen) atoms.